The van der Waals surface area contributed by atoms with Crippen LogP contribution >= 0.6 is 0 Å². The number of oxazole rings is 1. The number of aromatic nitrogens is 1. The van der Waals surface area contributed by atoms with Crippen LogP contribution in [0.1, 0.15) is 56.8 Å². The Labute approximate surface area is 90.5 Å². The van der Waals surface area contributed by atoms with E-state index in [-0.39, 0.29) is 0 Å². The van der Waals surface area contributed by atoms with Crippen LogP contribution in [0.3, 0.4) is 0 Å². The molecule has 1 unspecified atom stereocenters. The fraction of sp³-hybridized carbons (Fsp3) is 0.750. The Kier molecular flexibility index (Phi) is 3.78. The zero-order valence-corrected chi connectivity index (χ0v) is 9.06. The van der Waals surface area contributed by atoms with Crippen LogP contribution in [0.25, 0.3) is 0 Å². The Morgan fingerprint density at radius 3 is 2.87 bits per heavy atom. The summed E-state index contributed by atoms with van der Waals surface area (Å²) in [6, 6.07) is 0. The van der Waals surface area contributed by atoms with Gasteiger partial charge in [0.2, 0.25) is 0 Å². The second-order valence-corrected chi connectivity index (χ2v) is 4.50. The van der Waals surface area contributed by atoms with Crippen molar-refractivity contribution in [2.75, 3.05) is 0 Å². The Hall–Kier alpha value is -0.830. The zero-order valence-electron chi connectivity index (χ0n) is 9.06. The molecule has 84 valence electrons. The van der Waals surface area contributed by atoms with E-state index in [4.69, 9.17) is 4.42 Å². The molecule has 15 heavy (non-hydrogen) atoms. The molecule has 1 N–H and O–H groups in total. The van der Waals surface area contributed by atoms with Crippen molar-refractivity contribution >= 4 is 0 Å². The first-order chi connectivity index (χ1) is 7.36. The van der Waals surface area contributed by atoms with E-state index in [0.29, 0.717) is 5.76 Å². The van der Waals surface area contributed by atoms with E-state index >= 15 is 0 Å². The quantitative estimate of drug-likeness (QED) is 0.829. The monoisotopic (exact) mass is 209 g/mol. The van der Waals surface area contributed by atoms with E-state index in [1.54, 1.807) is 6.20 Å². The van der Waals surface area contributed by atoms with E-state index in [0.717, 1.165) is 18.8 Å². The van der Waals surface area contributed by atoms with Crippen molar-refractivity contribution in [1.82, 2.24) is 4.98 Å². The summed E-state index contributed by atoms with van der Waals surface area (Å²) in [6.07, 6.45) is 11.2. The summed E-state index contributed by atoms with van der Waals surface area (Å²) in [5.41, 5.74) is 0. The van der Waals surface area contributed by atoms with Gasteiger partial charge in [-0.1, -0.05) is 32.1 Å². The van der Waals surface area contributed by atoms with Crippen molar-refractivity contribution in [3.63, 3.8) is 0 Å². The minimum Gasteiger partial charge on any atom is -0.446 e. The SMILES string of the molecule is OC(CCC1CCCCC1)c1cnco1. The highest BCUT2D eigenvalue weighted by Gasteiger charge is 2.17. The fourth-order valence-corrected chi connectivity index (χ4v) is 2.40. The predicted molar refractivity (Wildman–Crippen MR) is 57.3 cm³/mol. The molecular weight excluding hydrogens is 190 g/mol. The van der Waals surface area contributed by atoms with Crippen LogP contribution in [-0.2, 0) is 0 Å². The van der Waals surface area contributed by atoms with E-state index in [9.17, 15) is 5.11 Å². The molecule has 1 saturated carbocycles. The lowest BCUT2D eigenvalue weighted by Gasteiger charge is -2.22. The van der Waals surface area contributed by atoms with Crippen molar-refractivity contribution in [2.45, 2.75) is 51.0 Å². The molecule has 1 heterocycles. The molecule has 1 aromatic rings. The first kappa shape index (κ1) is 10.7. The first-order valence-electron chi connectivity index (χ1n) is 5.92. The van der Waals surface area contributed by atoms with Crippen LogP contribution in [0.4, 0.5) is 0 Å². The molecule has 0 spiro atoms. The third-order valence-electron chi connectivity index (χ3n) is 3.35. The predicted octanol–water partition coefficient (Wildman–Crippen LogP) is 3.07. The molecule has 1 fully saturated rings. The second-order valence-electron chi connectivity index (χ2n) is 4.50. The minimum atomic E-state index is -0.463. The summed E-state index contributed by atoms with van der Waals surface area (Å²) in [7, 11) is 0. The van der Waals surface area contributed by atoms with Gasteiger partial charge in [-0.3, -0.25) is 0 Å². The molecule has 3 nitrogen and oxygen atoms in total. The number of rotatable bonds is 4. The van der Waals surface area contributed by atoms with Crippen molar-refractivity contribution in [2.24, 2.45) is 5.92 Å². The molecule has 1 aliphatic rings. The minimum absolute atomic E-state index is 0.463. The maximum atomic E-state index is 9.81. The third kappa shape index (κ3) is 3.06. The van der Waals surface area contributed by atoms with Crippen LogP contribution in [-0.4, -0.2) is 10.1 Å². The molecule has 1 aromatic heterocycles. The van der Waals surface area contributed by atoms with Crippen LogP contribution in [0.15, 0.2) is 17.0 Å². The molecule has 3 heteroatoms. The van der Waals surface area contributed by atoms with Crippen LogP contribution < -0.4 is 0 Å². The Balaban J connectivity index is 1.73. The standard InChI is InChI=1S/C12H19NO2/c14-11(12-8-13-9-15-12)7-6-10-4-2-1-3-5-10/h8-11,14H,1-7H2. The van der Waals surface area contributed by atoms with Crippen LogP contribution in [0.2, 0.25) is 0 Å². The van der Waals surface area contributed by atoms with Gasteiger partial charge in [-0.2, -0.15) is 0 Å². The van der Waals surface area contributed by atoms with E-state index in [1.807, 2.05) is 0 Å². The van der Waals surface area contributed by atoms with Gasteiger partial charge < -0.3 is 9.52 Å². The lowest BCUT2D eigenvalue weighted by Crippen LogP contribution is -2.08. The average molecular weight is 209 g/mol. The van der Waals surface area contributed by atoms with Crippen molar-refractivity contribution in [1.29, 1.82) is 0 Å². The lowest BCUT2D eigenvalue weighted by molar-refractivity contribution is 0.127. The number of aliphatic hydroxyl groups excluding tert-OH is 1. The highest BCUT2D eigenvalue weighted by atomic mass is 16.4. The maximum Gasteiger partial charge on any atom is 0.180 e. The molecule has 0 saturated heterocycles. The van der Waals surface area contributed by atoms with Crippen LogP contribution in [0.5, 0.6) is 0 Å². The van der Waals surface area contributed by atoms with Gasteiger partial charge in [0.1, 0.15) is 6.10 Å². The topological polar surface area (TPSA) is 46.3 Å². The van der Waals surface area contributed by atoms with E-state index in [1.165, 1.54) is 38.5 Å². The first-order valence-corrected chi connectivity index (χ1v) is 5.92. The van der Waals surface area contributed by atoms with Crippen LogP contribution in [0, 0.1) is 5.92 Å². The maximum absolute atomic E-state index is 9.81. The van der Waals surface area contributed by atoms with E-state index in [2.05, 4.69) is 4.98 Å². The number of nitrogens with zero attached hydrogens (tertiary/aromatic N) is 1. The molecular formula is C12H19NO2. The largest absolute Gasteiger partial charge is 0.446 e. The Morgan fingerprint density at radius 1 is 1.40 bits per heavy atom. The smallest absolute Gasteiger partial charge is 0.180 e. The highest BCUT2D eigenvalue weighted by Crippen LogP contribution is 2.30. The fourth-order valence-electron chi connectivity index (χ4n) is 2.40. The molecule has 2 rings (SSSR count). The molecule has 1 atom stereocenters. The summed E-state index contributed by atoms with van der Waals surface area (Å²) in [5.74, 6) is 1.42. The van der Waals surface area contributed by atoms with Gasteiger partial charge in [0.25, 0.3) is 0 Å². The van der Waals surface area contributed by atoms with Gasteiger partial charge in [0, 0.05) is 0 Å². The molecule has 0 bridgehead atoms. The van der Waals surface area contributed by atoms with Gasteiger partial charge in [-0.15, -0.1) is 0 Å². The van der Waals surface area contributed by atoms with E-state index < -0.39 is 6.10 Å². The van der Waals surface area contributed by atoms with Gasteiger partial charge in [0.15, 0.2) is 12.2 Å². The number of hydrogen-bond donors (Lipinski definition) is 1. The molecule has 0 aliphatic heterocycles. The number of aliphatic hydroxyl groups is 1. The third-order valence-corrected chi connectivity index (χ3v) is 3.35. The van der Waals surface area contributed by atoms with Crippen molar-refractivity contribution < 1.29 is 9.52 Å². The van der Waals surface area contributed by atoms with Crippen molar-refractivity contribution in [3.8, 4) is 0 Å². The van der Waals surface area contributed by atoms with Gasteiger partial charge in [-0.05, 0) is 18.8 Å². The Bertz CT molecular complexity index is 265. The van der Waals surface area contributed by atoms with Crippen molar-refractivity contribution in [3.05, 3.63) is 18.4 Å². The second kappa shape index (κ2) is 5.31. The Morgan fingerprint density at radius 2 is 2.20 bits per heavy atom. The highest BCUT2D eigenvalue weighted by molar-refractivity contribution is 4.93. The normalized spacial score (nSPS) is 20.3. The van der Waals surface area contributed by atoms with Gasteiger partial charge in [-0.25, -0.2) is 4.98 Å². The summed E-state index contributed by atoms with van der Waals surface area (Å²) in [5, 5.41) is 9.81. The molecule has 0 amide bonds. The summed E-state index contributed by atoms with van der Waals surface area (Å²) < 4.78 is 5.07. The zero-order chi connectivity index (χ0) is 10.5. The summed E-state index contributed by atoms with van der Waals surface area (Å²) in [6.45, 7) is 0. The molecule has 1 aliphatic carbocycles. The van der Waals surface area contributed by atoms with Gasteiger partial charge in [0.05, 0.1) is 6.20 Å². The number of hydrogen-bond acceptors (Lipinski definition) is 3. The summed E-state index contributed by atoms with van der Waals surface area (Å²) >= 11 is 0. The average Bonchev–Trinajstić information content (AvgIpc) is 2.81. The lowest BCUT2D eigenvalue weighted by atomic mass is 9.85. The van der Waals surface area contributed by atoms with Gasteiger partial charge >= 0.3 is 0 Å². The molecule has 0 radical (unpaired) electrons. The molecule has 0 aromatic carbocycles. The summed E-state index contributed by atoms with van der Waals surface area (Å²) in [4.78, 5) is 3.81.